The molecule has 2 aliphatic rings. The first-order valence-electron chi connectivity index (χ1n) is 5.60. The quantitative estimate of drug-likeness (QED) is 0.638. The summed E-state index contributed by atoms with van der Waals surface area (Å²) in [5, 5.41) is 4.84. The van der Waals surface area contributed by atoms with Crippen LogP contribution in [-0.2, 0) is 4.79 Å². The lowest BCUT2D eigenvalue weighted by atomic mass is 10.1. The van der Waals surface area contributed by atoms with Gasteiger partial charge in [-0.15, -0.1) is 0 Å². The minimum atomic E-state index is -0.767. The third kappa shape index (κ3) is 1.58. The van der Waals surface area contributed by atoms with Crippen LogP contribution in [0.15, 0.2) is 18.2 Å². The predicted octanol–water partition coefficient (Wildman–Crippen LogP) is -0.000000000000000611. The van der Waals surface area contributed by atoms with Gasteiger partial charge in [0, 0.05) is 5.69 Å². The van der Waals surface area contributed by atoms with Crippen molar-refractivity contribution in [1.29, 1.82) is 0 Å². The normalized spacial score (nSPS) is 19.2. The number of fused-ring (bicyclic) bond motifs is 1. The highest BCUT2D eigenvalue weighted by molar-refractivity contribution is 6.22. The van der Waals surface area contributed by atoms with Gasteiger partial charge in [-0.05, 0) is 31.0 Å². The molecule has 0 spiro atoms. The summed E-state index contributed by atoms with van der Waals surface area (Å²) in [6.07, 6.45) is 1.34. The molecule has 6 nitrogen and oxygen atoms in total. The van der Waals surface area contributed by atoms with Gasteiger partial charge in [-0.1, -0.05) is 0 Å². The van der Waals surface area contributed by atoms with Crippen molar-refractivity contribution in [3.05, 3.63) is 29.3 Å². The van der Waals surface area contributed by atoms with E-state index in [1.165, 1.54) is 12.1 Å². The van der Waals surface area contributed by atoms with Gasteiger partial charge in [0.2, 0.25) is 5.91 Å². The summed E-state index contributed by atoms with van der Waals surface area (Å²) in [5.41, 5.74) is 6.06. The molecule has 0 unspecified atom stereocenters. The van der Waals surface area contributed by atoms with E-state index in [9.17, 15) is 14.4 Å². The summed E-state index contributed by atoms with van der Waals surface area (Å²) in [7, 11) is 0. The van der Waals surface area contributed by atoms with Crippen molar-refractivity contribution in [2.24, 2.45) is 5.73 Å². The summed E-state index contributed by atoms with van der Waals surface area (Å²) in [6.45, 7) is 0. The number of amides is 3. The molecule has 18 heavy (non-hydrogen) atoms. The molecule has 3 rings (SSSR count). The molecular weight excluding hydrogens is 234 g/mol. The molecule has 1 aromatic rings. The number of hydrogen-bond acceptors (Lipinski definition) is 4. The Morgan fingerprint density at radius 2 is 1.89 bits per heavy atom. The Kier molecular flexibility index (Phi) is 2.06. The molecule has 0 aromatic heterocycles. The topological polar surface area (TPSA) is 101 Å². The first-order valence-corrected chi connectivity index (χ1v) is 5.60. The molecule has 92 valence electrons. The van der Waals surface area contributed by atoms with Crippen LogP contribution in [0.3, 0.4) is 0 Å². The molecule has 0 radical (unpaired) electrons. The Morgan fingerprint density at radius 3 is 2.56 bits per heavy atom. The highest BCUT2D eigenvalue weighted by Gasteiger charge is 2.46. The second-order valence-corrected chi connectivity index (χ2v) is 4.65. The summed E-state index contributed by atoms with van der Waals surface area (Å²) in [5.74, 6) is -1.11. The zero-order valence-corrected chi connectivity index (χ0v) is 9.45. The van der Waals surface area contributed by atoms with E-state index in [0.29, 0.717) is 24.1 Å². The van der Waals surface area contributed by atoms with Gasteiger partial charge in [0.05, 0.1) is 16.7 Å². The van der Waals surface area contributed by atoms with E-state index >= 15 is 0 Å². The molecule has 1 aromatic carbocycles. The molecule has 0 saturated heterocycles. The number of nitrogens with one attached hydrogen (secondary N) is 2. The smallest absolute Gasteiger partial charge is 0.259 e. The largest absolute Gasteiger partial charge is 0.324 e. The summed E-state index contributed by atoms with van der Waals surface area (Å²) >= 11 is 0. The van der Waals surface area contributed by atoms with E-state index in [1.54, 1.807) is 6.07 Å². The molecule has 1 heterocycles. The number of hydrogen-bond donors (Lipinski definition) is 3. The van der Waals surface area contributed by atoms with Crippen molar-refractivity contribution >= 4 is 23.4 Å². The summed E-state index contributed by atoms with van der Waals surface area (Å²) in [6, 6.07) is 4.58. The average Bonchev–Trinajstić information content (AvgIpc) is 3.02. The van der Waals surface area contributed by atoms with E-state index in [-0.39, 0.29) is 11.5 Å². The zero-order chi connectivity index (χ0) is 12.9. The monoisotopic (exact) mass is 245 g/mol. The van der Waals surface area contributed by atoms with Gasteiger partial charge in [-0.2, -0.15) is 0 Å². The Hall–Kier alpha value is -2.21. The SMILES string of the molecule is NC1(C(=O)Nc2ccc3c(c2)C(=O)NC3=O)CC1. The highest BCUT2D eigenvalue weighted by Crippen LogP contribution is 2.33. The molecule has 0 atom stereocenters. The van der Waals surface area contributed by atoms with Gasteiger partial charge >= 0.3 is 0 Å². The van der Waals surface area contributed by atoms with Crippen LogP contribution < -0.4 is 16.4 Å². The molecule has 3 amide bonds. The van der Waals surface area contributed by atoms with Crippen molar-refractivity contribution in [2.75, 3.05) is 5.32 Å². The lowest BCUT2D eigenvalue weighted by molar-refractivity contribution is -0.118. The van der Waals surface area contributed by atoms with Crippen LogP contribution in [-0.4, -0.2) is 23.3 Å². The van der Waals surface area contributed by atoms with Gasteiger partial charge in [-0.3, -0.25) is 19.7 Å². The van der Waals surface area contributed by atoms with Gasteiger partial charge in [0.1, 0.15) is 0 Å². The number of carbonyl (C=O) groups excluding carboxylic acids is 3. The lowest BCUT2D eigenvalue weighted by Gasteiger charge is -2.10. The zero-order valence-electron chi connectivity index (χ0n) is 9.45. The van der Waals surface area contributed by atoms with Crippen LogP contribution in [0.2, 0.25) is 0 Å². The number of rotatable bonds is 2. The van der Waals surface area contributed by atoms with Crippen LogP contribution in [0.1, 0.15) is 33.6 Å². The van der Waals surface area contributed by atoms with Gasteiger partial charge < -0.3 is 11.1 Å². The second kappa shape index (κ2) is 3.39. The van der Waals surface area contributed by atoms with Gasteiger partial charge in [0.25, 0.3) is 11.8 Å². The fraction of sp³-hybridized carbons (Fsp3) is 0.250. The Morgan fingerprint density at radius 1 is 1.22 bits per heavy atom. The van der Waals surface area contributed by atoms with Gasteiger partial charge in [0.15, 0.2) is 0 Å². The van der Waals surface area contributed by atoms with Gasteiger partial charge in [-0.25, -0.2) is 0 Å². The fourth-order valence-corrected chi connectivity index (χ4v) is 1.86. The maximum atomic E-state index is 11.7. The molecule has 1 aliphatic heterocycles. The molecule has 1 saturated carbocycles. The fourth-order valence-electron chi connectivity index (χ4n) is 1.86. The van der Waals surface area contributed by atoms with E-state index < -0.39 is 17.4 Å². The maximum Gasteiger partial charge on any atom is 0.259 e. The van der Waals surface area contributed by atoms with Crippen LogP contribution in [0.5, 0.6) is 0 Å². The van der Waals surface area contributed by atoms with Crippen molar-refractivity contribution in [3.63, 3.8) is 0 Å². The minimum Gasteiger partial charge on any atom is -0.324 e. The van der Waals surface area contributed by atoms with E-state index in [0.717, 1.165) is 0 Å². The second-order valence-electron chi connectivity index (χ2n) is 4.65. The standard InChI is InChI=1S/C12H11N3O3/c13-12(3-4-12)11(18)14-6-1-2-7-8(5-6)10(17)15-9(7)16/h1-2,5H,3-4,13H2,(H,14,18)(H,15,16,17). The van der Waals surface area contributed by atoms with Crippen molar-refractivity contribution in [3.8, 4) is 0 Å². The predicted molar refractivity (Wildman–Crippen MR) is 63.0 cm³/mol. The highest BCUT2D eigenvalue weighted by atomic mass is 16.2. The summed E-state index contributed by atoms with van der Waals surface area (Å²) < 4.78 is 0. The van der Waals surface area contributed by atoms with E-state index in [2.05, 4.69) is 10.6 Å². The van der Waals surface area contributed by atoms with Crippen LogP contribution in [0.4, 0.5) is 5.69 Å². The summed E-state index contributed by atoms with van der Waals surface area (Å²) in [4.78, 5) is 34.5. The third-order valence-corrected chi connectivity index (χ3v) is 3.23. The Labute approximate surface area is 103 Å². The van der Waals surface area contributed by atoms with Crippen molar-refractivity contribution in [2.45, 2.75) is 18.4 Å². The molecule has 1 fully saturated rings. The van der Waals surface area contributed by atoms with E-state index in [1.807, 2.05) is 0 Å². The molecule has 6 heteroatoms. The Balaban J connectivity index is 1.87. The molecule has 0 bridgehead atoms. The van der Waals surface area contributed by atoms with Crippen LogP contribution in [0.25, 0.3) is 0 Å². The Bertz CT molecular complexity index is 590. The van der Waals surface area contributed by atoms with E-state index in [4.69, 9.17) is 5.73 Å². The van der Waals surface area contributed by atoms with Crippen LogP contribution >= 0.6 is 0 Å². The number of nitrogens with two attached hydrogens (primary N) is 1. The molecule has 1 aliphatic carbocycles. The maximum absolute atomic E-state index is 11.7. The minimum absolute atomic E-state index is 0.257. The first kappa shape index (κ1) is 10.9. The average molecular weight is 245 g/mol. The van der Waals surface area contributed by atoms with Crippen molar-refractivity contribution < 1.29 is 14.4 Å². The number of benzene rings is 1. The molecular formula is C12H11N3O3. The number of imide groups is 1. The van der Waals surface area contributed by atoms with Crippen molar-refractivity contribution in [1.82, 2.24) is 5.32 Å². The number of anilines is 1. The van der Waals surface area contributed by atoms with Crippen LogP contribution in [0, 0.1) is 0 Å². The third-order valence-electron chi connectivity index (χ3n) is 3.23. The lowest BCUT2D eigenvalue weighted by Crippen LogP contribution is -2.37. The number of carbonyl (C=O) groups is 3. The first-order chi connectivity index (χ1) is 8.49. The molecule has 4 N–H and O–H groups in total.